The molecule has 0 N–H and O–H groups in total. The highest BCUT2D eigenvalue weighted by Crippen LogP contribution is 2.00. The number of carbonyl (C=O) groups excluding carboxylic acids is 1. The summed E-state index contributed by atoms with van der Waals surface area (Å²) in [7, 11) is 0. The Morgan fingerprint density at radius 2 is 2.07 bits per heavy atom. The van der Waals surface area contributed by atoms with Crippen LogP contribution in [0.25, 0.3) is 0 Å². The average Bonchev–Trinajstić information content (AvgIpc) is 2.12. The summed E-state index contributed by atoms with van der Waals surface area (Å²) in [5.74, 6) is 0.118. The quantitative estimate of drug-likeness (QED) is 0.342. The number of rotatable bonds is 8. The van der Waals surface area contributed by atoms with E-state index in [1.165, 1.54) is 0 Å². The molecule has 0 rings (SSSR count). The van der Waals surface area contributed by atoms with Crippen LogP contribution in [0.5, 0.6) is 0 Å². The first kappa shape index (κ1) is 12.8. The maximum Gasteiger partial charge on any atom is 0.204 e. The number of allylic oxidation sites excluding steroid dienone is 2. The van der Waals surface area contributed by atoms with Gasteiger partial charge in [-0.3, -0.25) is 14.9 Å². The zero-order valence-electron chi connectivity index (χ0n) is 8.57. The van der Waals surface area contributed by atoms with Gasteiger partial charge in [0.1, 0.15) is 5.78 Å². The zero-order valence-corrected chi connectivity index (χ0v) is 8.57. The van der Waals surface area contributed by atoms with Crippen LogP contribution in [0.3, 0.4) is 0 Å². The topological polar surface area (TPSA) is 60.2 Å². The molecular weight excluding hydrogens is 182 g/mol. The Morgan fingerprint density at radius 1 is 1.36 bits per heavy atom. The van der Waals surface area contributed by atoms with E-state index in [1.54, 1.807) is 0 Å². The molecule has 0 heterocycles. The number of carbonyl (C=O) groups is 1. The molecule has 0 aromatic heterocycles. The van der Waals surface area contributed by atoms with Crippen LogP contribution in [0, 0.1) is 10.1 Å². The van der Waals surface area contributed by atoms with Crippen molar-refractivity contribution in [3.8, 4) is 0 Å². The molecule has 0 radical (unpaired) electrons. The summed E-state index contributed by atoms with van der Waals surface area (Å²) in [6.45, 7) is 1.94. The molecule has 0 aliphatic rings. The van der Waals surface area contributed by atoms with Crippen molar-refractivity contribution in [2.75, 3.05) is 6.54 Å². The molecule has 0 aliphatic carbocycles. The van der Waals surface area contributed by atoms with Crippen molar-refractivity contribution in [1.29, 1.82) is 0 Å². The van der Waals surface area contributed by atoms with E-state index in [4.69, 9.17) is 0 Å². The van der Waals surface area contributed by atoms with Gasteiger partial charge in [0.15, 0.2) is 0 Å². The number of ketones is 1. The summed E-state index contributed by atoms with van der Waals surface area (Å²) in [5.41, 5.74) is 0. The molecule has 4 heteroatoms. The second kappa shape index (κ2) is 8.41. The van der Waals surface area contributed by atoms with Crippen LogP contribution in [-0.2, 0) is 4.79 Å². The van der Waals surface area contributed by atoms with Gasteiger partial charge in [0, 0.05) is 24.2 Å². The smallest absolute Gasteiger partial charge is 0.204 e. The van der Waals surface area contributed by atoms with Crippen LogP contribution in [0.15, 0.2) is 12.2 Å². The molecule has 0 saturated heterocycles. The first-order valence-corrected chi connectivity index (χ1v) is 4.95. The van der Waals surface area contributed by atoms with E-state index >= 15 is 0 Å². The number of nitro groups is 1. The summed E-state index contributed by atoms with van der Waals surface area (Å²) in [4.78, 5) is 20.7. The van der Waals surface area contributed by atoms with Crippen LogP contribution in [0.4, 0.5) is 0 Å². The number of hydrogen-bond acceptors (Lipinski definition) is 3. The van der Waals surface area contributed by atoms with Crippen molar-refractivity contribution in [2.45, 2.75) is 39.0 Å². The second-order valence-electron chi connectivity index (χ2n) is 3.12. The highest BCUT2D eigenvalue weighted by atomic mass is 16.6. The van der Waals surface area contributed by atoms with E-state index in [-0.39, 0.29) is 17.3 Å². The van der Waals surface area contributed by atoms with Gasteiger partial charge in [-0.25, -0.2) is 0 Å². The van der Waals surface area contributed by atoms with E-state index in [0.717, 1.165) is 12.8 Å². The van der Waals surface area contributed by atoms with Crippen molar-refractivity contribution in [2.24, 2.45) is 0 Å². The van der Waals surface area contributed by atoms with Gasteiger partial charge in [0.05, 0.1) is 0 Å². The highest BCUT2D eigenvalue weighted by Gasteiger charge is 2.03. The molecule has 0 aliphatic heterocycles. The molecule has 4 nitrogen and oxygen atoms in total. The van der Waals surface area contributed by atoms with Crippen LogP contribution < -0.4 is 0 Å². The van der Waals surface area contributed by atoms with Crippen LogP contribution in [-0.4, -0.2) is 17.3 Å². The monoisotopic (exact) mass is 199 g/mol. The van der Waals surface area contributed by atoms with E-state index in [1.807, 2.05) is 19.1 Å². The van der Waals surface area contributed by atoms with E-state index in [0.29, 0.717) is 19.3 Å². The van der Waals surface area contributed by atoms with Gasteiger partial charge in [0.2, 0.25) is 6.54 Å². The fourth-order valence-electron chi connectivity index (χ4n) is 1.06. The van der Waals surface area contributed by atoms with E-state index < -0.39 is 0 Å². The molecule has 0 atom stereocenters. The Labute approximate surface area is 84.1 Å². The third kappa shape index (κ3) is 8.90. The average molecular weight is 199 g/mol. The lowest BCUT2D eigenvalue weighted by Crippen LogP contribution is -2.04. The number of hydrogen-bond donors (Lipinski definition) is 0. The van der Waals surface area contributed by atoms with Crippen molar-refractivity contribution < 1.29 is 9.72 Å². The molecular formula is C10H17NO3. The third-order valence-electron chi connectivity index (χ3n) is 1.79. The fourth-order valence-corrected chi connectivity index (χ4v) is 1.06. The van der Waals surface area contributed by atoms with Crippen molar-refractivity contribution >= 4 is 5.78 Å². The lowest BCUT2D eigenvalue weighted by Gasteiger charge is -1.95. The fraction of sp³-hybridized carbons (Fsp3) is 0.700. The van der Waals surface area contributed by atoms with Crippen LogP contribution in [0.1, 0.15) is 39.0 Å². The molecule has 0 amide bonds. The van der Waals surface area contributed by atoms with Crippen molar-refractivity contribution in [3.05, 3.63) is 22.3 Å². The van der Waals surface area contributed by atoms with Gasteiger partial charge < -0.3 is 0 Å². The van der Waals surface area contributed by atoms with Gasteiger partial charge in [-0.15, -0.1) is 0 Å². The maximum absolute atomic E-state index is 11.1. The van der Waals surface area contributed by atoms with Gasteiger partial charge in [-0.05, 0) is 12.8 Å². The first-order chi connectivity index (χ1) is 6.66. The summed E-state index contributed by atoms with van der Waals surface area (Å²) in [6, 6.07) is 0. The Kier molecular flexibility index (Phi) is 7.70. The predicted molar refractivity (Wildman–Crippen MR) is 54.8 cm³/mol. The minimum Gasteiger partial charge on any atom is -0.300 e. The van der Waals surface area contributed by atoms with Crippen molar-refractivity contribution in [1.82, 2.24) is 0 Å². The van der Waals surface area contributed by atoms with E-state index in [2.05, 4.69) is 0 Å². The Bertz CT molecular complexity index is 211. The molecule has 0 aromatic rings. The second-order valence-corrected chi connectivity index (χ2v) is 3.12. The molecule has 80 valence electrons. The van der Waals surface area contributed by atoms with Gasteiger partial charge in [-0.2, -0.15) is 0 Å². The Balaban J connectivity index is 3.37. The highest BCUT2D eigenvalue weighted by molar-refractivity contribution is 5.78. The Morgan fingerprint density at radius 3 is 2.64 bits per heavy atom. The minimum atomic E-state index is -0.385. The standard InChI is InChI=1S/C10H17NO3/c1-2-3-4-5-7-10(12)8-6-9-11(13)14/h3-4H,2,5-9H2,1H3. The normalized spacial score (nSPS) is 10.6. The summed E-state index contributed by atoms with van der Waals surface area (Å²) in [6.07, 6.45) is 6.94. The zero-order chi connectivity index (χ0) is 10.8. The SMILES string of the molecule is CCC=CCCC(=O)CCC[N+](=O)[O-]. The predicted octanol–water partition coefficient (Wildman–Crippen LogP) is 2.36. The summed E-state index contributed by atoms with van der Waals surface area (Å²) < 4.78 is 0. The lowest BCUT2D eigenvalue weighted by atomic mass is 10.1. The van der Waals surface area contributed by atoms with Gasteiger partial charge in [0.25, 0.3) is 0 Å². The lowest BCUT2D eigenvalue weighted by molar-refractivity contribution is -0.480. The molecule has 0 aromatic carbocycles. The number of Topliss-reactive ketones (excluding diaryl/α,β-unsaturated/α-hetero) is 1. The molecule has 0 bridgehead atoms. The number of nitrogens with zero attached hydrogens (tertiary/aromatic N) is 1. The maximum atomic E-state index is 11.1. The first-order valence-electron chi connectivity index (χ1n) is 4.95. The third-order valence-corrected chi connectivity index (χ3v) is 1.79. The summed E-state index contributed by atoms with van der Waals surface area (Å²) >= 11 is 0. The molecule has 0 fully saturated rings. The van der Waals surface area contributed by atoms with Crippen LogP contribution >= 0.6 is 0 Å². The molecule has 14 heavy (non-hydrogen) atoms. The van der Waals surface area contributed by atoms with Gasteiger partial charge >= 0.3 is 0 Å². The Hall–Kier alpha value is -1.19. The van der Waals surface area contributed by atoms with Crippen molar-refractivity contribution in [3.63, 3.8) is 0 Å². The molecule has 0 unspecified atom stereocenters. The van der Waals surface area contributed by atoms with E-state index in [9.17, 15) is 14.9 Å². The largest absolute Gasteiger partial charge is 0.300 e. The summed E-state index contributed by atoms with van der Waals surface area (Å²) in [5, 5.41) is 9.96. The van der Waals surface area contributed by atoms with Crippen LogP contribution in [0.2, 0.25) is 0 Å². The van der Waals surface area contributed by atoms with Gasteiger partial charge in [-0.1, -0.05) is 19.1 Å². The molecule has 0 saturated carbocycles. The minimum absolute atomic E-state index is 0.101. The molecule has 0 spiro atoms.